The van der Waals surface area contributed by atoms with Gasteiger partial charge in [-0.1, -0.05) is 41.4 Å². The maximum atomic E-state index is 14.1. The maximum Gasteiger partial charge on any atom is 0.332 e. The Bertz CT molecular complexity index is 1700. The number of ether oxygens (including phenoxy) is 1. The van der Waals surface area contributed by atoms with Gasteiger partial charge in [-0.05, 0) is 73.4 Å². The number of hydrogen-bond donors (Lipinski definition) is 2. The average molecular weight is 577 g/mol. The van der Waals surface area contributed by atoms with Crippen molar-refractivity contribution in [1.29, 1.82) is 0 Å². The van der Waals surface area contributed by atoms with Crippen LogP contribution >= 0.6 is 23.2 Å². The van der Waals surface area contributed by atoms with Crippen LogP contribution in [-0.2, 0) is 23.2 Å². The number of anilines is 1. The number of nitrogens with one attached hydrogen (secondary N) is 2. The molecule has 1 fully saturated rings. The summed E-state index contributed by atoms with van der Waals surface area (Å²) in [5, 5.41) is 4.92. The molecular formula is C30H26Cl2N4O4. The average Bonchev–Trinajstić information content (AvgIpc) is 3.42. The van der Waals surface area contributed by atoms with Crippen LogP contribution in [0.15, 0.2) is 60.7 Å². The van der Waals surface area contributed by atoms with E-state index in [1.165, 1.54) is 0 Å². The Hall–Kier alpha value is -4.01. The first-order valence-corrected chi connectivity index (χ1v) is 13.7. The number of aromatic amines is 1. The lowest BCUT2D eigenvalue weighted by atomic mass is 9.87. The van der Waals surface area contributed by atoms with Crippen molar-refractivity contribution in [1.82, 2.24) is 15.2 Å². The molecule has 10 heteroatoms. The Morgan fingerprint density at radius 3 is 2.67 bits per heavy atom. The van der Waals surface area contributed by atoms with Gasteiger partial charge in [0, 0.05) is 34.0 Å². The molecule has 1 aromatic heterocycles. The molecule has 3 aromatic carbocycles. The number of amides is 4. The summed E-state index contributed by atoms with van der Waals surface area (Å²) in [5.41, 5.74) is 2.62. The van der Waals surface area contributed by atoms with Gasteiger partial charge >= 0.3 is 6.03 Å². The van der Waals surface area contributed by atoms with Crippen LogP contribution in [-0.4, -0.2) is 47.9 Å². The highest BCUT2D eigenvalue weighted by molar-refractivity contribution is 6.35. The molecule has 0 bridgehead atoms. The number of para-hydroxylation sites is 1. The van der Waals surface area contributed by atoms with Crippen LogP contribution < -0.4 is 15.0 Å². The van der Waals surface area contributed by atoms with Gasteiger partial charge in [-0.15, -0.1) is 0 Å². The van der Waals surface area contributed by atoms with E-state index in [1.807, 2.05) is 24.3 Å². The molecule has 8 nitrogen and oxygen atoms in total. The summed E-state index contributed by atoms with van der Waals surface area (Å²) in [6.45, 7) is 2.43. The van der Waals surface area contributed by atoms with Crippen molar-refractivity contribution >= 4 is 57.6 Å². The van der Waals surface area contributed by atoms with Crippen molar-refractivity contribution in [3.63, 3.8) is 0 Å². The number of halogens is 2. The molecule has 2 N–H and O–H groups in total. The molecule has 0 radical (unpaired) electrons. The second-order valence-electron chi connectivity index (χ2n) is 10.0. The summed E-state index contributed by atoms with van der Waals surface area (Å²) in [4.78, 5) is 47.3. The first-order valence-electron chi connectivity index (χ1n) is 12.9. The lowest BCUT2D eigenvalue weighted by Crippen LogP contribution is -2.49. The molecule has 3 heterocycles. The van der Waals surface area contributed by atoms with E-state index in [0.29, 0.717) is 41.7 Å². The fourth-order valence-corrected chi connectivity index (χ4v) is 6.25. The molecule has 1 atom stereocenters. The Labute approximate surface area is 240 Å². The van der Waals surface area contributed by atoms with E-state index in [0.717, 1.165) is 32.7 Å². The minimum Gasteiger partial charge on any atom is -0.497 e. The van der Waals surface area contributed by atoms with Gasteiger partial charge in [0.1, 0.15) is 5.75 Å². The van der Waals surface area contributed by atoms with Crippen LogP contribution in [0, 0.1) is 0 Å². The largest absolute Gasteiger partial charge is 0.497 e. The zero-order valence-corrected chi connectivity index (χ0v) is 23.4. The van der Waals surface area contributed by atoms with Gasteiger partial charge in [0.05, 0.1) is 24.1 Å². The van der Waals surface area contributed by atoms with Crippen molar-refractivity contribution in [2.24, 2.45) is 0 Å². The molecule has 204 valence electrons. The number of benzene rings is 3. The number of fused-ring (bicyclic) bond motifs is 5. The third-order valence-electron chi connectivity index (χ3n) is 7.85. The number of carbonyl (C=O) groups is 3. The van der Waals surface area contributed by atoms with Crippen LogP contribution in [0.4, 0.5) is 10.5 Å². The van der Waals surface area contributed by atoms with Crippen LogP contribution in [0.3, 0.4) is 0 Å². The van der Waals surface area contributed by atoms with Crippen molar-refractivity contribution in [3.05, 3.63) is 93.1 Å². The predicted molar refractivity (Wildman–Crippen MR) is 154 cm³/mol. The van der Waals surface area contributed by atoms with Gasteiger partial charge in [-0.2, -0.15) is 0 Å². The molecular weight excluding hydrogens is 551 g/mol. The Morgan fingerprint density at radius 1 is 1.10 bits per heavy atom. The number of methoxy groups -OCH3 is 1. The number of H-pyrrole nitrogens is 1. The quantitative estimate of drug-likeness (QED) is 0.288. The number of aromatic nitrogens is 1. The van der Waals surface area contributed by atoms with Crippen LogP contribution in [0.2, 0.25) is 10.0 Å². The number of urea groups is 1. The summed E-state index contributed by atoms with van der Waals surface area (Å²) >= 11 is 12.2. The minimum absolute atomic E-state index is 0.233. The Kier molecular flexibility index (Phi) is 6.47. The molecule has 1 saturated heterocycles. The SMILES string of the molecule is COc1ccc2[nH]c3c(c2c1)CCN1C(=O)N(c2ccccc2C(=O)NCCc2ccc(Cl)cc2Cl)C(=O)C31C. The summed E-state index contributed by atoms with van der Waals surface area (Å²) < 4.78 is 5.40. The zero-order valence-electron chi connectivity index (χ0n) is 21.9. The summed E-state index contributed by atoms with van der Waals surface area (Å²) in [6.07, 6.45) is 1.08. The van der Waals surface area contributed by atoms with Crippen LogP contribution in [0.25, 0.3) is 10.9 Å². The second-order valence-corrected chi connectivity index (χ2v) is 10.9. The van der Waals surface area contributed by atoms with Crippen LogP contribution in [0.5, 0.6) is 5.75 Å². The van der Waals surface area contributed by atoms with E-state index in [1.54, 1.807) is 55.3 Å². The highest BCUT2D eigenvalue weighted by Gasteiger charge is 2.59. The molecule has 0 spiro atoms. The van der Waals surface area contributed by atoms with E-state index < -0.39 is 23.4 Å². The third-order valence-corrected chi connectivity index (χ3v) is 8.44. The number of imide groups is 1. The zero-order chi connectivity index (χ0) is 28.2. The van der Waals surface area contributed by atoms with Gasteiger partial charge in [0.25, 0.3) is 11.8 Å². The van der Waals surface area contributed by atoms with Crippen molar-refractivity contribution in [2.75, 3.05) is 25.1 Å². The van der Waals surface area contributed by atoms with Gasteiger partial charge in [-0.25, -0.2) is 9.69 Å². The van der Waals surface area contributed by atoms with Crippen LogP contribution in [0.1, 0.15) is 34.1 Å². The van der Waals surface area contributed by atoms with Gasteiger partial charge < -0.3 is 19.9 Å². The minimum atomic E-state index is -1.24. The van der Waals surface area contributed by atoms with E-state index in [4.69, 9.17) is 27.9 Å². The molecule has 0 aliphatic carbocycles. The fourth-order valence-electron chi connectivity index (χ4n) is 5.75. The number of rotatable bonds is 6. The highest BCUT2D eigenvalue weighted by atomic mass is 35.5. The van der Waals surface area contributed by atoms with Gasteiger partial charge in [0.2, 0.25) is 0 Å². The lowest BCUT2D eigenvalue weighted by Gasteiger charge is -2.35. The van der Waals surface area contributed by atoms with Crippen molar-refractivity contribution in [3.8, 4) is 5.75 Å². The predicted octanol–water partition coefficient (Wildman–Crippen LogP) is 5.70. The molecule has 2 aliphatic heterocycles. The third kappa shape index (κ3) is 4.01. The normalized spacial score (nSPS) is 18.2. The molecule has 2 aliphatic rings. The topological polar surface area (TPSA) is 94.7 Å². The fraction of sp³-hybridized carbons (Fsp3) is 0.233. The maximum absolute atomic E-state index is 14.1. The number of hydrogen-bond acceptors (Lipinski definition) is 4. The van der Waals surface area contributed by atoms with Crippen molar-refractivity contribution in [2.45, 2.75) is 25.3 Å². The lowest BCUT2D eigenvalue weighted by molar-refractivity contribution is -0.125. The Morgan fingerprint density at radius 2 is 1.90 bits per heavy atom. The molecule has 0 saturated carbocycles. The second kappa shape index (κ2) is 9.87. The Balaban J connectivity index is 1.30. The van der Waals surface area contributed by atoms with E-state index in [9.17, 15) is 14.4 Å². The first-order chi connectivity index (χ1) is 19.2. The van der Waals surface area contributed by atoms with Gasteiger partial charge in [-0.3, -0.25) is 9.59 Å². The standard InChI is InChI=1S/C30H26Cl2N4O4/c1-30-26-20(22-16-19(40-2)9-10-24(22)34-26)12-14-35(30)29(39)36(28(30)38)25-6-4-3-5-21(25)27(37)33-13-11-17-7-8-18(31)15-23(17)32/h3-10,15-16,34H,11-14H2,1-2H3,(H,33,37). The molecule has 1 unspecified atom stereocenters. The molecule has 4 amide bonds. The highest BCUT2D eigenvalue weighted by Crippen LogP contribution is 2.46. The summed E-state index contributed by atoms with van der Waals surface area (Å²) in [6, 6.07) is 17.1. The first kappa shape index (κ1) is 26.2. The summed E-state index contributed by atoms with van der Waals surface area (Å²) in [5.74, 6) is -0.0875. The van der Waals surface area contributed by atoms with Gasteiger partial charge in [0.15, 0.2) is 5.54 Å². The summed E-state index contributed by atoms with van der Waals surface area (Å²) in [7, 11) is 1.61. The smallest absolute Gasteiger partial charge is 0.332 e. The van der Waals surface area contributed by atoms with E-state index in [-0.39, 0.29) is 11.3 Å². The molecule has 40 heavy (non-hydrogen) atoms. The molecule has 4 aromatic rings. The monoisotopic (exact) mass is 576 g/mol. The van der Waals surface area contributed by atoms with E-state index >= 15 is 0 Å². The molecule has 6 rings (SSSR count). The number of carbonyl (C=O) groups excluding carboxylic acids is 3. The van der Waals surface area contributed by atoms with E-state index in [2.05, 4.69) is 10.3 Å². The van der Waals surface area contributed by atoms with Crippen molar-refractivity contribution < 1.29 is 19.1 Å². The number of nitrogens with zero attached hydrogens (tertiary/aromatic N) is 2.